The highest BCUT2D eigenvalue weighted by molar-refractivity contribution is 6.30. The third-order valence-corrected chi connectivity index (χ3v) is 5.53. The molecule has 2 aromatic heterocycles. The highest BCUT2D eigenvalue weighted by Gasteiger charge is 2.27. The van der Waals surface area contributed by atoms with E-state index in [4.69, 9.17) is 26.1 Å². The van der Waals surface area contributed by atoms with Gasteiger partial charge in [0.15, 0.2) is 0 Å². The third-order valence-electron chi connectivity index (χ3n) is 5.30. The first kappa shape index (κ1) is 20.4. The van der Waals surface area contributed by atoms with Gasteiger partial charge in [-0.3, -0.25) is 14.3 Å². The Morgan fingerprint density at radius 1 is 1.27 bits per heavy atom. The summed E-state index contributed by atoms with van der Waals surface area (Å²) in [5.74, 6) is 1.28. The van der Waals surface area contributed by atoms with Crippen molar-refractivity contribution in [2.24, 2.45) is 7.05 Å². The molecule has 1 aliphatic rings. The van der Waals surface area contributed by atoms with E-state index in [0.717, 1.165) is 16.7 Å². The summed E-state index contributed by atoms with van der Waals surface area (Å²) in [6, 6.07) is 8.95. The number of rotatable bonds is 4. The van der Waals surface area contributed by atoms with Gasteiger partial charge in [0.25, 0.3) is 5.56 Å². The Kier molecular flexibility index (Phi) is 5.74. The van der Waals surface area contributed by atoms with E-state index < -0.39 is 0 Å². The number of benzene rings is 1. The zero-order chi connectivity index (χ0) is 21.3. The summed E-state index contributed by atoms with van der Waals surface area (Å²) in [7, 11) is 3.35. The fourth-order valence-corrected chi connectivity index (χ4v) is 3.84. The predicted molar refractivity (Wildman–Crippen MR) is 116 cm³/mol. The standard InChI is InChI=1S/C22H23ClN4O3/c1-14-12-24-7-6-16(14)18-11-21(28)26(2)22(25-18)27-8-9-30-20(13-27)17-5-4-15(23)10-19(17)29-3/h4-7,10-12,20H,8-9,13H2,1-3H3/t20-/m1/s1. The van der Waals surface area contributed by atoms with Gasteiger partial charge in [-0.1, -0.05) is 17.7 Å². The summed E-state index contributed by atoms with van der Waals surface area (Å²) in [6.07, 6.45) is 3.25. The first-order valence-electron chi connectivity index (χ1n) is 9.67. The molecule has 1 atom stereocenters. The Morgan fingerprint density at radius 3 is 2.87 bits per heavy atom. The van der Waals surface area contributed by atoms with Crippen molar-refractivity contribution in [3.63, 3.8) is 0 Å². The molecule has 1 aliphatic heterocycles. The summed E-state index contributed by atoms with van der Waals surface area (Å²) in [5.41, 5.74) is 3.30. The second kappa shape index (κ2) is 8.45. The average Bonchev–Trinajstić information content (AvgIpc) is 2.76. The van der Waals surface area contributed by atoms with Gasteiger partial charge in [-0.15, -0.1) is 0 Å². The fraction of sp³-hybridized carbons (Fsp3) is 0.318. The monoisotopic (exact) mass is 426 g/mol. The van der Waals surface area contributed by atoms with Gasteiger partial charge < -0.3 is 14.4 Å². The van der Waals surface area contributed by atoms with Crippen LogP contribution in [0, 0.1) is 6.92 Å². The number of hydrogen-bond acceptors (Lipinski definition) is 6. The van der Waals surface area contributed by atoms with E-state index in [-0.39, 0.29) is 11.7 Å². The van der Waals surface area contributed by atoms with Crippen molar-refractivity contribution in [3.8, 4) is 17.0 Å². The molecule has 0 aliphatic carbocycles. The molecule has 0 amide bonds. The maximum Gasteiger partial charge on any atom is 0.255 e. The predicted octanol–water partition coefficient (Wildman–Crippen LogP) is 3.39. The lowest BCUT2D eigenvalue weighted by Crippen LogP contribution is -2.41. The number of nitrogens with zero attached hydrogens (tertiary/aromatic N) is 4. The zero-order valence-electron chi connectivity index (χ0n) is 17.1. The van der Waals surface area contributed by atoms with Crippen LogP contribution in [0.2, 0.25) is 5.02 Å². The first-order valence-corrected chi connectivity index (χ1v) is 10.0. The Bertz CT molecular complexity index is 1130. The quantitative estimate of drug-likeness (QED) is 0.637. The minimum atomic E-state index is -0.228. The number of anilines is 1. The number of hydrogen-bond donors (Lipinski definition) is 0. The number of morpholine rings is 1. The SMILES string of the molecule is COc1cc(Cl)ccc1[C@H]1CN(c2nc(-c3ccncc3C)cc(=O)n2C)CCO1. The average molecular weight is 427 g/mol. The fourth-order valence-electron chi connectivity index (χ4n) is 3.68. The molecular weight excluding hydrogens is 404 g/mol. The van der Waals surface area contributed by atoms with E-state index in [1.165, 1.54) is 0 Å². The van der Waals surface area contributed by atoms with Crippen molar-refractivity contribution >= 4 is 17.5 Å². The molecule has 1 fully saturated rings. The van der Waals surface area contributed by atoms with Crippen molar-refractivity contribution in [2.75, 3.05) is 31.7 Å². The summed E-state index contributed by atoms with van der Waals surface area (Å²) in [6.45, 7) is 3.63. The van der Waals surface area contributed by atoms with Crippen LogP contribution >= 0.6 is 11.6 Å². The van der Waals surface area contributed by atoms with E-state index in [9.17, 15) is 4.79 Å². The topological polar surface area (TPSA) is 69.5 Å². The second-order valence-electron chi connectivity index (χ2n) is 7.22. The number of methoxy groups -OCH3 is 1. The normalized spacial score (nSPS) is 16.5. The third kappa shape index (κ3) is 3.91. The highest BCUT2D eigenvalue weighted by atomic mass is 35.5. The molecule has 1 aromatic carbocycles. The summed E-state index contributed by atoms with van der Waals surface area (Å²) in [5, 5.41) is 0.604. The molecule has 0 saturated carbocycles. The van der Waals surface area contributed by atoms with Crippen molar-refractivity contribution in [2.45, 2.75) is 13.0 Å². The van der Waals surface area contributed by atoms with Crippen LogP contribution in [-0.4, -0.2) is 41.3 Å². The van der Waals surface area contributed by atoms with Gasteiger partial charge in [0, 0.05) is 48.2 Å². The summed E-state index contributed by atoms with van der Waals surface area (Å²) in [4.78, 5) is 23.7. The number of halogens is 1. The molecule has 0 N–H and O–H groups in total. The maximum absolute atomic E-state index is 12.7. The van der Waals surface area contributed by atoms with Crippen molar-refractivity contribution < 1.29 is 9.47 Å². The van der Waals surface area contributed by atoms with Crippen LogP contribution in [0.25, 0.3) is 11.3 Å². The van der Waals surface area contributed by atoms with Crippen molar-refractivity contribution in [3.05, 3.63) is 69.2 Å². The molecule has 8 heteroatoms. The molecule has 0 unspecified atom stereocenters. The Labute approximate surface area is 179 Å². The van der Waals surface area contributed by atoms with Gasteiger partial charge in [0.1, 0.15) is 11.9 Å². The van der Waals surface area contributed by atoms with Crippen LogP contribution in [0.15, 0.2) is 47.5 Å². The molecule has 0 radical (unpaired) electrons. The van der Waals surface area contributed by atoms with E-state index in [2.05, 4.69) is 9.88 Å². The van der Waals surface area contributed by atoms with E-state index >= 15 is 0 Å². The van der Waals surface area contributed by atoms with Crippen LogP contribution in [0.3, 0.4) is 0 Å². The Hall–Kier alpha value is -2.90. The molecule has 0 spiro atoms. The molecule has 30 heavy (non-hydrogen) atoms. The van der Waals surface area contributed by atoms with Gasteiger partial charge in [-0.05, 0) is 30.7 Å². The number of pyridine rings is 1. The Balaban J connectivity index is 1.70. The van der Waals surface area contributed by atoms with Crippen molar-refractivity contribution in [1.82, 2.24) is 14.5 Å². The van der Waals surface area contributed by atoms with Gasteiger partial charge >= 0.3 is 0 Å². The molecule has 3 heterocycles. The lowest BCUT2D eigenvalue weighted by molar-refractivity contribution is 0.0374. The molecular formula is C22H23ClN4O3. The van der Waals surface area contributed by atoms with Gasteiger partial charge in [-0.2, -0.15) is 0 Å². The first-order chi connectivity index (χ1) is 14.5. The van der Waals surface area contributed by atoms with Gasteiger partial charge in [0.2, 0.25) is 5.95 Å². The van der Waals surface area contributed by atoms with Crippen LogP contribution < -0.4 is 15.2 Å². The van der Waals surface area contributed by atoms with E-state index in [0.29, 0.717) is 42.1 Å². The highest BCUT2D eigenvalue weighted by Crippen LogP contribution is 2.33. The molecule has 3 aromatic rings. The van der Waals surface area contributed by atoms with Crippen LogP contribution in [0.4, 0.5) is 5.95 Å². The molecule has 4 rings (SSSR count). The number of ether oxygens (including phenoxy) is 2. The molecule has 156 valence electrons. The van der Waals surface area contributed by atoms with E-state index in [1.54, 1.807) is 43.3 Å². The minimum absolute atomic E-state index is 0.113. The zero-order valence-corrected chi connectivity index (χ0v) is 17.9. The smallest absolute Gasteiger partial charge is 0.255 e. The van der Waals surface area contributed by atoms with Gasteiger partial charge in [-0.25, -0.2) is 4.98 Å². The maximum atomic E-state index is 12.7. The summed E-state index contributed by atoms with van der Waals surface area (Å²) < 4.78 is 13.1. The second-order valence-corrected chi connectivity index (χ2v) is 7.66. The molecule has 0 bridgehead atoms. The number of aryl methyl sites for hydroxylation is 1. The molecule has 1 saturated heterocycles. The number of aromatic nitrogens is 3. The van der Waals surface area contributed by atoms with Crippen LogP contribution in [-0.2, 0) is 11.8 Å². The molecule has 7 nitrogen and oxygen atoms in total. The Morgan fingerprint density at radius 2 is 2.10 bits per heavy atom. The largest absolute Gasteiger partial charge is 0.496 e. The minimum Gasteiger partial charge on any atom is -0.496 e. The van der Waals surface area contributed by atoms with E-state index in [1.807, 2.05) is 25.1 Å². The summed E-state index contributed by atoms with van der Waals surface area (Å²) >= 11 is 6.10. The van der Waals surface area contributed by atoms with Gasteiger partial charge in [0.05, 0.1) is 26.0 Å². The lowest BCUT2D eigenvalue weighted by Gasteiger charge is -2.35. The van der Waals surface area contributed by atoms with Crippen LogP contribution in [0.5, 0.6) is 5.75 Å². The van der Waals surface area contributed by atoms with Crippen LogP contribution in [0.1, 0.15) is 17.2 Å². The van der Waals surface area contributed by atoms with Crippen molar-refractivity contribution in [1.29, 1.82) is 0 Å². The lowest BCUT2D eigenvalue weighted by atomic mass is 10.1.